The molecule has 6 nitrogen and oxygen atoms in total. The highest BCUT2D eigenvalue weighted by Gasteiger charge is 2.23. The van der Waals surface area contributed by atoms with Crippen molar-refractivity contribution in [3.05, 3.63) is 64.1 Å². The fourth-order valence-corrected chi connectivity index (χ4v) is 5.00. The number of halogens is 1. The molecule has 0 saturated carbocycles. The zero-order valence-electron chi connectivity index (χ0n) is 19.1. The van der Waals surface area contributed by atoms with Gasteiger partial charge in [0.15, 0.2) is 0 Å². The van der Waals surface area contributed by atoms with Crippen molar-refractivity contribution in [2.24, 2.45) is 0 Å². The van der Waals surface area contributed by atoms with Crippen molar-refractivity contribution in [3.8, 4) is 0 Å². The summed E-state index contributed by atoms with van der Waals surface area (Å²) < 4.78 is 1.01. The topological polar surface area (TPSA) is 55.9 Å². The monoisotopic (exact) mass is 512 g/mol. The maximum absolute atomic E-state index is 13.3. The van der Waals surface area contributed by atoms with Crippen LogP contribution >= 0.6 is 15.9 Å². The standard InChI is InChI=1S/C26H33BrN4O2/c27-23-9-10-24-22(18-23)20-31(26(33)11-15-30-14-4-8-25(30)32)17-16-29(13-5-12-28-24)19-21-6-2-1-3-7-21/h1-3,6-7,9-10,18,28H,4-5,8,11-17,19-20H2. The number of likely N-dealkylation sites (tertiary alicyclic amines) is 1. The molecule has 2 aliphatic heterocycles. The summed E-state index contributed by atoms with van der Waals surface area (Å²) in [5, 5.41) is 3.58. The normalized spacial score (nSPS) is 17.9. The van der Waals surface area contributed by atoms with Crippen LogP contribution in [0.5, 0.6) is 0 Å². The highest BCUT2D eigenvalue weighted by molar-refractivity contribution is 9.10. The number of amides is 2. The molecular formula is C26H33BrN4O2. The summed E-state index contributed by atoms with van der Waals surface area (Å²) in [6.07, 6.45) is 2.92. The van der Waals surface area contributed by atoms with Crippen LogP contribution in [-0.2, 0) is 22.7 Å². The predicted molar refractivity (Wildman–Crippen MR) is 135 cm³/mol. The summed E-state index contributed by atoms with van der Waals surface area (Å²) in [5.74, 6) is 0.285. The minimum absolute atomic E-state index is 0.111. The molecule has 1 N–H and O–H groups in total. The SMILES string of the molecule is O=C1CCCN1CCC(=O)N1CCN(Cc2ccccc2)CCCNc2ccc(Br)cc2C1. The molecule has 2 aromatic rings. The van der Waals surface area contributed by atoms with E-state index in [1.807, 2.05) is 21.9 Å². The van der Waals surface area contributed by atoms with E-state index in [1.54, 1.807) is 0 Å². The van der Waals surface area contributed by atoms with Gasteiger partial charge >= 0.3 is 0 Å². The van der Waals surface area contributed by atoms with Gasteiger partial charge in [-0.05, 0) is 42.2 Å². The second-order valence-corrected chi connectivity index (χ2v) is 9.81. The third-order valence-corrected chi connectivity index (χ3v) is 6.94. The first kappa shape index (κ1) is 23.8. The Morgan fingerprint density at radius 2 is 1.85 bits per heavy atom. The number of carbonyl (C=O) groups excluding carboxylic acids is 2. The Morgan fingerprint density at radius 3 is 2.64 bits per heavy atom. The maximum Gasteiger partial charge on any atom is 0.224 e. The first-order valence-corrected chi connectivity index (χ1v) is 12.7. The van der Waals surface area contributed by atoms with Crippen LogP contribution in [0.4, 0.5) is 5.69 Å². The largest absolute Gasteiger partial charge is 0.385 e. The number of carbonyl (C=O) groups is 2. The van der Waals surface area contributed by atoms with Crippen molar-refractivity contribution < 1.29 is 9.59 Å². The summed E-state index contributed by atoms with van der Waals surface area (Å²) in [6.45, 7) is 6.10. The molecule has 0 unspecified atom stereocenters. The van der Waals surface area contributed by atoms with Crippen molar-refractivity contribution >= 4 is 33.4 Å². The molecular weight excluding hydrogens is 480 g/mol. The lowest BCUT2D eigenvalue weighted by molar-refractivity contribution is -0.133. The van der Waals surface area contributed by atoms with Gasteiger partial charge in [0.05, 0.1) is 0 Å². The highest BCUT2D eigenvalue weighted by atomic mass is 79.9. The van der Waals surface area contributed by atoms with Gasteiger partial charge in [-0.2, -0.15) is 0 Å². The van der Waals surface area contributed by atoms with Gasteiger partial charge in [-0.1, -0.05) is 46.3 Å². The fourth-order valence-electron chi connectivity index (χ4n) is 4.59. The molecule has 1 fully saturated rings. The summed E-state index contributed by atoms with van der Waals surface area (Å²) in [5.41, 5.74) is 3.49. The lowest BCUT2D eigenvalue weighted by Crippen LogP contribution is -2.40. The fraction of sp³-hybridized carbons (Fsp3) is 0.462. The van der Waals surface area contributed by atoms with Crippen molar-refractivity contribution in [1.29, 1.82) is 0 Å². The van der Waals surface area contributed by atoms with Crippen molar-refractivity contribution in [2.75, 3.05) is 44.6 Å². The Balaban J connectivity index is 1.49. The number of fused-ring (bicyclic) bond motifs is 1. The van der Waals surface area contributed by atoms with Gasteiger partial charge in [-0.3, -0.25) is 14.5 Å². The third-order valence-electron chi connectivity index (χ3n) is 6.45. The van der Waals surface area contributed by atoms with Crippen LogP contribution in [0.1, 0.15) is 36.8 Å². The van der Waals surface area contributed by atoms with E-state index in [0.717, 1.165) is 61.3 Å². The Bertz CT molecular complexity index is 953. The number of hydrogen-bond acceptors (Lipinski definition) is 4. The summed E-state index contributed by atoms with van der Waals surface area (Å²) in [6, 6.07) is 16.7. The van der Waals surface area contributed by atoms with Gasteiger partial charge in [0.2, 0.25) is 11.8 Å². The van der Waals surface area contributed by atoms with Gasteiger partial charge in [0.25, 0.3) is 0 Å². The summed E-state index contributed by atoms with van der Waals surface area (Å²) in [7, 11) is 0. The highest BCUT2D eigenvalue weighted by Crippen LogP contribution is 2.24. The predicted octanol–water partition coefficient (Wildman–Crippen LogP) is 4.11. The zero-order chi connectivity index (χ0) is 23.0. The summed E-state index contributed by atoms with van der Waals surface area (Å²) >= 11 is 3.59. The molecule has 0 atom stereocenters. The molecule has 0 spiro atoms. The Labute approximate surface area is 205 Å². The first-order valence-electron chi connectivity index (χ1n) is 11.9. The quantitative estimate of drug-likeness (QED) is 0.654. The van der Waals surface area contributed by atoms with E-state index < -0.39 is 0 Å². The number of rotatable bonds is 5. The lowest BCUT2D eigenvalue weighted by atomic mass is 10.1. The molecule has 0 radical (unpaired) electrons. The van der Waals surface area contributed by atoms with Crippen LogP contribution in [0, 0.1) is 0 Å². The van der Waals surface area contributed by atoms with Crippen LogP contribution in [-0.4, -0.2) is 65.8 Å². The molecule has 2 aromatic carbocycles. The molecule has 0 aliphatic carbocycles. The van der Waals surface area contributed by atoms with E-state index in [4.69, 9.17) is 0 Å². The van der Waals surface area contributed by atoms with Crippen molar-refractivity contribution in [2.45, 2.75) is 38.8 Å². The average Bonchev–Trinajstić information content (AvgIpc) is 3.22. The Morgan fingerprint density at radius 1 is 1.00 bits per heavy atom. The number of benzene rings is 2. The van der Waals surface area contributed by atoms with Gasteiger partial charge in [-0.15, -0.1) is 0 Å². The molecule has 0 bridgehead atoms. The van der Waals surface area contributed by atoms with Gasteiger partial charge in [0, 0.05) is 75.4 Å². The van der Waals surface area contributed by atoms with Crippen LogP contribution in [0.15, 0.2) is 53.0 Å². The van der Waals surface area contributed by atoms with Crippen LogP contribution < -0.4 is 5.32 Å². The van der Waals surface area contributed by atoms with Crippen LogP contribution in [0.2, 0.25) is 0 Å². The maximum atomic E-state index is 13.3. The molecule has 4 rings (SSSR count). The number of hydrogen-bond donors (Lipinski definition) is 1. The molecule has 33 heavy (non-hydrogen) atoms. The van der Waals surface area contributed by atoms with Crippen LogP contribution in [0.25, 0.3) is 0 Å². The number of nitrogens with one attached hydrogen (secondary N) is 1. The second-order valence-electron chi connectivity index (χ2n) is 8.89. The van der Waals surface area contributed by atoms with E-state index in [-0.39, 0.29) is 11.8 Å². The minimum atomic E-state index is 0.111. The minimum Gasteiger partial charge on any atom is -0.385 e. The van der Waals surface area contributed by atoms with Gasteiger partial charge in [-0.25, -0.2) is 0 Å². The average molecular weight is 513 g/mol. The molecule has 176 valence electrons. The van der Waals surface area contributed by atoms with E-state index in [9.17, 15) is 9.59 Å². The number of anilines is 1. The number of nitrogens with zero attached hydrogens (tertiary/aromatic N) is 3. The van der Waals surface area contributed by atoms with E-state index in [2.05, 4.69) is 62.5 Å². The molecule has 0 aromatic heterocycles. The van der Waals surface area contributed by atoms with Gasteiger partial charge in [0.1, 0.15) is 0 Å². The molecule has 1 saturated heterocycles. The molecule has 7 heteroatoms. The van der Waals surface area contributed by atoms with E-state index >= 15 is 0 Å². The first-order chi connectivity index (χ1) is 16.1. The third kappa shape index (κ3) is 6.81. The van der Waals surface area contributed by atoms with Crippen LogP contribution in [0.3, 0.4) is 0 Å². The Hall–Kier alpha value is -2.38. The molecule has 2 aliphatic rings. The Kier molecular flexibility index (Phi) is 8.40. The van der Waals surface area contributed by atoms with Gasteiger partial charge < -0.3 is 15.1 Å². The smallest absolute Gasteiger partial charge is 0.224 e. The molecule has 2 heterocycles. The zero-order valence-corrected chi connectivity index (χ0v) is 20.7. The summed E-state index contributed by atoms with van der Waals surface area (Å²) in [4.78, 5) is 31.5. The molecule has 2 amide bonds. The second kappa shape index (κ2) is 11.7. The van der Waals surface area contributed by atoms with E-state index in [0.29, 0.717) is 32.5 Å². The lowest BCUT2D eigenvalue weighted by Gasteiger charge is -2.28. The van der Waals surface area contributed by atoms with Crippen molar-refractivity contribution in [1.82, 2.24) is 14.7 Å². The van der Waals surface area contributed by atoms with Crippen molar-refractivity contribution in [3.63, 3.8) is 0 Å². The van der Waals surface area contributed by atoms with E-state index in [1.165, 1.54) is 5.56 Å².